The molecule has 3 atom stereocenters. The van der Waals surface area contributed by atoms with Gasteiger partial charge < -0.3 is 15.8 Å². The minimum Gasteiger partial charge on any atom is -0.376 e. The number of hydrogen-bond donors (Lipinski definition) is 2. The molecule has 0 aromatic carbocycles. The van der Waals surface area contributed by atoms with Crippen molar-refractivity contribution in [3.63, 3.8) is 0 Å². The van der Waals surface area contributed by atoms with Gasteiger partial charge in [-0.3, -0.25) is 0 Å². The van der Waals surface area contributed by atoms with Crippen LogP contribution in [0.25, 0.3) is 5.65 Å². The molecule has 0 saturated heterocycles. The number of aryl methyl sites for hydroxylation is 1. The Morgan fingerprint density at radius 2 is 2.42 bits per heavy atom. The van der Waals surface area contributed by atoms with E-state index in [2.05, 4.69) is 15.4 Å². The SMILES string of the molecule is CCOC1CC(N)C1Nc1nc2cc(C)ccn2n1. The first-order valence-corrected chi connectivity index (χ1v) is 6.64. The van der Waals surface area contributed by atoms with Crippen LogP contribution in [0.4, 0.5) is 5.95 Å². The summed E-state index contributed by atoms with van der Waals surface area (Å²) >= 11 is 0. The maximum absolute atomic E-state index is 6.00. The van der Waals surface area contributed by atoms with Crippen LogP contribution in [0.5, 0.6) is 0 Å². The molecule has 1 fully saturated rings. The summed E-state index contributed by atoms with van der Waals surface area (Å²) in [4.78, 5) is 4.45. The maximum Gasteiger partial charge on any atom is 0.243 e. The normalized spacial score (nSPS) is 26.4. The van der Waals surface area contributed by atoms with Crippen LogP contribution in [-0.4, -0.2) is 39.4 Å². The van der Waals surface area contributed by atoms with Crippen LogP contribution < -0.4 is 11.1 Å². The quantitative estimate of drug-likeness (QED) is 0.857. The first-order chi connectivity index (χ1) is 9.17. The molecule has 3 rings (SSSR count). The van der Waals surface area contributed by atoms with E-state index >= 15 is 0 Å². The predicted octanol–water partition coefficient (Wildman–Crippen LogP) is 0.954. The van der Waals surface area contributed by atoms with E-state index in [9.17, 15) is 0 Å². The molecule has 0 bridgehead atoms. The second kappa shape index (κ2) is 4.79. The van der Waals surface area contributed by atoms with Crippen molar-refractivity contribution in [2.24, 2.45) is 5.73 Å². The van der Waals surface area contributed by atoms with E-state index in [1.54, 1.807) is 4.52 Å². The van der Waals surface area contributed by atoms with Gasteiger partial charge in [0.05, 0.1) is 12.1 Å². The summed E-state index contributed by atoms with van der Waals surface area (Å²) in [5, 5.41) is 7.67. The third-order valence-corrected chi connectivity index (χ3v) is 3.54. The number of pyridine rings is 1. The molecule has 102 valence electrons. The monoisotopic (exact) mass is 261 g/mol. The van der Waals surface area contributed by atoms with Gasteiger partial charge in [0.15, 0.2) is 5.65 Å². The molecule has 6 nitrogen and oxygen atoms in total. The highest BCUT2D eigenvalue weighted by molar-refractivity contribution is 5.46. The van der Waals surface area contributed by atoms with E-state index in [1.807, 2.05) is 32.2 Å². The summed E-state index contributed by atoms with van der Waals surface area (Å²) in [6, 6.07) is 4.20. The zero-order valence-corrected chi connectivity index (χ0v) is 11.2. The summed E-state index contributed by atoms with van der Waals surface area (Å²) in [5.41, 5.74) is 8.01. The molecule has 1 saturated carbocycles. The standard InChI is InChI=1S/C13H19N5O/c1-3-19-10-7-9(14)12(10)16-13-15-11-6-8(2)4-5-18(11)17-13/h4-6,9-10,12H,3,7,14H2,1-2H3,(H,16,17). The van der Waals surface area contributed by atoms with Crippen molar-refractivity contribution in [2.45, 2.75) is 38.5 Å². The Morgan fingerprint density at radius 3 is 3.16 bits per heavy atom. The van der Waals surface area contributed by atoms with Gasteiger partial charge in [-0.05, 0) is 38.0 Å². The van der Waals surface area contributed by atoms with Crippen molar-refractivity contribution in [3.8, 4) is 0 Å². The summed E-state index contributed by atoms with van der Waals surface area (Å²) in [5.74, 6) is 0.607. The number of nitrogens with two attached hydrogens (primary N) is 1. The van der Waals surface area contributed by atoms with Crippen LogP contribution in [0, 0.1) is 6.92 Å². The lowest BCUT2D eigenvalue weighted by molar-refractivity contribution is -0.0128. The Balaban J connectivity index is 1.77. The average molecular weight is 261 g/mol. The molecule has 3 N–H and O–H groups in total. The molecule has 19 heavy (non-hydrogen) atoms. The van der Waals surface area contributed by atoms with Gasteiger partial charge in [-0.2, -0.15) is 4.98 Å². The van der Waals surface area contributed by atoms with Crippen molar-refractivity contribution in [2.75, 3.05) is 11.9 Å². The van der Waals surface area contributed by atoms with Gasteiger partial charge in [0.25, 0.3) is 0 Å². The molecule has 1 aliphatic rings. The van der Waals surface area contributed by atoms with Crippen molar-refractivity contribution >= 4 is 11.6 Å². The molecule has 6 heteroatoms. The van der Waals surface area contributed by atoms with Crippen molar-refractivity contribution in [1.82, 2.24) is 14.6 Å². The number of aromatic nitrogens is 3. The molecule has 0 aliphatic heterocycles. The molecule has 0 spiro atoms. The van der Waals surface area contributed by atoms with Gasteiger partial charge in [-0.25, -0.2) is 4.52 Å². The third kappa shape index (κ3) is 2.29. The summed E-state index contributed by atoms with van der Waals surface area (Å²) in [6.45, 7) is 4.73. The summed E-state index contributed by atoms with van der Waals surface area (Å²) in [7, 11) is 0. The van der Waals surface area contributed by atoms with Crippen LogP contribution in [0.3, 0.4) is 0 Å². The van der Waals surface area contributed by atoms with Crippen LogP contribution in [0.15, 0.2) is 18.3 Å². The van der Waals surface area contributed by atoms with Gasteiger partial charge in [0.1, 0.15) is 0 Å². The van der Waals surface area contributed by atoms with Gasteiger partial charge >= 0.3 is 0 Å². The zero-order chi connectivity index (χ0) is 13.4. The van der Waals surface area contributed by atoms with Gasteiger partial charge in [0, 0.05) is 18.8 Å². The van der Waals surface area contributed by atoms with E-state index < -0.39 is 0 Å². The fourth-order valence-corrected chi connectivity index (χ4v) is 2.42. The Morgan fingerprint density at radius 1 is 1.58 bits per heavy atom. The van der Waals surface area contributed by atoms with Crippen LogP contribution >= 0.6 is 0 Å². The summed E-state index contributed by atoms with van der Waals surface area (Å²) < 4.78 is 7.38. The van der Waals surface area contributed by atoms with Crippen LogP contribution in [-0.2, 0) is 4.74 Å². The molecule has 1 aliphatic carbocycles. The number of nitrogens with zero attached hydrogens (tertiary/aromatic N) is 3. The number of hydrogen-bond acceptors (Lipinski definition) is 5. The van der Waals surface area contributed by atoms with Gasteiger partial charge in [-0.1, -0.05) is 0 Å². The van der Waals surface area contributed by atoms with Gasteiger partial charge in [-0.15, -0.1) is 5.10 Å². The Bertz CT molecular complexity index is 579. The molecular weight excluding hydrogens is 242 g/mol. The second-order valence-corrected chi connectivity index (χ2v) is 5.01. The summed E-state index contributed by atoms with van der Waals surface area (Å²) in [6.07, 6.45) is 2.95. The number of nitrogens with one attached hydrogen (secondary N) is 1. The number of rotatable bonds is 4. The van der Waals surface area contributed by atoms with Crippen LogP contribution in [0.1, 0.15) is 18.9 Å². The molecule has 0 amide bonds. The van der Waals surface area contributed by atoms with E-state index in [0.717, 1.165) is 12.1 Å². The molecule has 3 unspecified atom stereocenters. The van der Waals surface area contributed by atoms with E-state index in [0.29, 0.717) is 12.6 Å². The first-order valence-electron chi connectivity index (χ1n) is 6.64. The van der Waals surface area contributed by atoms with Crippen LogP contribution in [0.2, 0.25) is 0 Å². The Labute approximate surface area is 112 Å². The van der Waals surface area contributed by atoms with E-state index in [4.69, 9.17) is 10.5 Å². The molecule has 2 aromatic rings. The minimum absolute atomic E-state index is 0.0958. The van der Waals surface area contributed by atoms with Crippen molar-refractivity contribution < 1.29 is 4.74 Å². The number of fused-ring (bicyclic) bond motifs is 1. The largest absolute Gasteiger partial charge is 0.376 e. The highest BCUT2D eigenvalue weighted by Crippen LogP contribution is 2.25. The smallest absolute Gasteiger partial charge is 0.243 e. The number of anilines is 1. The lowest BCUT2D eigenvalue weighted by Gasteiger charge is -2.42. The topological polar surface area (TPSA) is 77.5 Å². The predicted molar refractivity (Wildman–Crippen MR) is 73.1 cm³/mol. The number of ether oxygens (including phenoxy) is 1. The molecule has 2 aromatic heterocycles. The second-order valence-electron chi connectivity index (χ2n) is 5.01. The zero-order valence-electron chi connectivity index (χ0n) is 11.2. The maximum atomic E-state index is 6.00. The lowest BCUT2D eigenvalue weighted by Crippen LogP contribution is -2.60. The fraction of sp³-hybridized carbons (Fsp3) is 0.538. The van der Waals surface area contributed by atoms with Crippen molar-refractivity contribution in [3.05, 3.63) is 23.9 Å². The highest BCUT2D eigenvalue weighted by Gasteiger charge is 2.40. The lowest BCUT2D eigenvalue weighted by atomic mass is 9.83. The van der Waals surface area contributed by atoms with E-state index in [-0.39, 0.29) is 18.2 Å². The molecule has 0 radical (unpaired) electrons. The Kier molecular flexibility index (Phi) is 3.12. The molecular formula is C13H19N5O. The molecule has 2 heterocycles. The Hall–Kier alpha value is -1.66. The fourth-order valence-electron chi connectivity index (χ4n) is 2.42. The third-order valence-electron chi connectivity index (χ3n) is 3.54. The highest BCUT2D eigenvalue weighted by atomic mass is 16.5. The van der Waals surface area contributed by atoms with Crippen molar-refractivity contribution in [1.29, 1.82) is 0 Å². The average Bonchev–Trinajstić information content (AvgIpc) is 2.77. The van der Waals surface area contributed by atoms with E-state index in [1.165, 1.54) is 5.56 Å². The van der Waals surface area contributed by atoms with Gasteiger partial charge in [0.2, 0.25) is 5.95 Å². The first kappa shape index (κ1) is 12.4. The minimum atomic E-state index is 0.0958.